The molecule has 0 aromatic carbocycles. The number of hydrogen-bond donors (Lipinski definition) is 0. The van der Waals surface area contributed by atoms with E-state index in [1.807, 2.05) is 0 Å². The lowest BCUT2D eigenvalue weighted by Gasteiger charge is -2.26. The Balaban J connectivity index is 4.38. The van der Waals surface area contributed by atoms with Gasteiger partial charge in [0.15, 0.2) is 5.12 Å². The molecule has 0 heterocycles. The zero-order chi connectivity index (χ0) is 15.3. The average Bonchev–Trinajstić information content (AvgIpc) is 2.25. The van der Waals surface area contributed by atoms with Crippen LogP contribution >= 0.6 is 11.8 Å². The Morgan fingerprint density at radius 3 is 1.79 bits per heavy atom. The fraction of sp³-hybridized carbons (Fsp3) is 0.900. The predicted octanol–water partition coefficient (Wildman–Crippen LogP) is 4.66. The Kier molecular flexibility index (Phi) is 6.64. The highest BCUT2D eigenvalue weighted by Crippen LogP contribution is 2.42. The number of rotatable bonds is 7. The molecule has 0 aromatic heterocycles. The molecule has 0 aliphatic heterocycles. The summed E-state index contributed by atoms with van der Waals surface area (Å²) in [6, 6.07) is 0. The van der Waals surface area contributed by atoms with Crippen molar-refractivity contribution in [3.63, 3.8) is 0 Å². The SMILES string of the molecule is CCC(=O)SCCC(F)(F)C(F)(F)CCC(F)(F)F. The van der Waals surface area contributed by atoms with Gasteiger partial charge in [0.25, 0.3) is 0 Å². The van der Waals surface area contributed by atoms with E-state index < -0.39 is 48.2 Å². The second kappa shape index (κ2) is 6.81. The van der Waals surface area contributed by atoms with Gasteiger partial charge in [-0.25, -0.2) is 0 Å². The summed E-state index contributed by atoms with van der Waals surface area (Å²) in [7, 11) is 0. The van der Waals surface area contributed by atoms with Crippen molar-refractivity contribution in [2.75, 3.05) is 5.75 Å². The summed E-state index contributed by atoms with van der Waals surface area (Å²) < 4.78 is 87.4. The standard InChI is InChI=1S/C10H13F7OS/c1-2-7(18)19-6-5-9(13,14)8(11,12)3-4-10(15,16)17/h2-6H2,1H3. The minimum atomic E-state index is -4.91. The maximum absolute atomic E-state index is 13.1. The molecule has 19 heavy (non-hydrogen) atoms. The van der Waals surface area contributed by atoms with Crippen LogP contribution in [0.25, 0.3) is 0 Å². The Morgan fingerprint density at radius 2 is 1.37 bits per heavy atom. The van der Waals surface area contributed by atoms with Crippen molar-refractivity contribution in [1.82, 2.24) is 0 Å². The van der Waals surface area contributed by atoms with Gasteiger partial charge in [0.1, 0.15) is 0 Å². The molecule has 0 N–H and O–H groups in total. The first-order valence-corrected chi connectivity index (χ1v) is 6.38. The van der Waals surface area contributed by atoms with E-state index in [1.54, 1.807) is 0 Å². The first-order valence-electron chi connectivity index (χ1n) is 5.39. The number of carbonyl (C=O) groups is 1. The minimum Gasteiger partial charge on any atom is -0.287 e. The van der Waals surface area contributed by atoms with Crippen LogP contribution in [-0.2, 0) is 4.79 Å². The van der Waals surface area contributed by atoms with E-state index in [0.29, 0.717) is 11.8 Å². The summed E-state index contributed by atoms with van der Waals surface area (Å²) >= 11 is 0.469. The molecule has 0 aliphatic carbocycles. The van der Waals surface area contributed by atoms with Crippen molar-refractivity contribution in [2.45, 2.75) is 50.6 Å². The van der Waals surface area contributed by atoms with Crippen LogP contribution in [0.3, 0.4) is 0 Å². The van der Waals surface area contributed by atoms with E-state index in [4.69, 9.17) is 0 Å². The van der Waals surface area contributed by atoms with Crippen molar-refractivity contribution < 1.29 is 35.5 Å². The Hall–Kier alpha value is -0.470. The summed E-state index contributed by atoms with van der Waals surface area (Å²) in [6.45, 7) is 1.48. The maximum atomic E-state index is 13.1. The van der Waals surface area contributed by atoms with Crippen LogP contribution in [0.4, 0.5) is 30.7 Å². The Bertz CT molecular complexity index is 301. The summed E-state index contributed by atoms with van der Waals surface area (Å²) in [6.07, 6.45) is -10.1. The molecule has 0 unspecified atom stereocenters. The van der Waals surface area contributed by atoms with Crippen LogP contribution in [0.2, 0.25) is 0 Å². The second-order valence-electron chi connectivity index (χ2n) is 3.85. The molecular formula is C10H13F7OS. The maximum Gasteiger partial charge on any atom is 0.389 e. The summed E-state index contributed by atoms with van der Waals surface area (Å²) in [5.74, 6) is -9.85. The molecule has 0 saturated carbocycles. The largest absolute Gasteiger partial charge is 0.389 e. The van der Waals surface area contributed by atoms with Gasteiger partial charge in [-0.1, -0.05) is 18.7 Å². The van der Waals surface area contributed by atoms with Crippen molar-refractivity contribution >= 4 is 16.9 Å². The molecule has 114 valence electrons. The normalized spacial score (nSPS) is 13.7. The lowest BCUT2D eigenvalue weighted by molar-refractivity contribution is -0.227. The fourth-order valence-electron chi connectivity index (χ4n) is 1.06. The van der Waals surface area contributed by atoms with Crippen molar-refractivity contribution in [1.29, 1.82) is 0 Å². The molecule has 0 radical (unpaired) electrons. The molecule has 0 aromatic rings. The van der Waals surface area contributed by atoms with Gasteiger partial charge in [0.05, 0.1) is 0 Å². The van der Waals surface area contributed by atoms with E-state index in [9.17, 15) is 35.5 Å². The number of hydrogen-bond acceptors (Lipinski definition) is 2. The third-order valence-corrected chi connectivity index (χ3v) is 3.24. The third-order valence-electron chi connectivity index (χ3n) is 2.23. The van der Waals surface area contributed by atoms with Gasteiger partial charge >= 0.3 is 18.0 Å². The van der Waals surface area contributed by atoms with Gasteiger partial charge in [-0.05, 0) is 0 Å². The van der Waals surface area contributed by atoms with Gasteiger partial charge in [0.2, 0.25) is 0 Å². The molecule has 0 spiro atoms. The second-order valence-corrected chi connectivity index (χ2v) is 5.00. The topological polar surface area (TPSA) is 17.1 Å². The van der Waals surface area contributed by atoms with Crippen LogP contribution in [-0.4, -0.2) is 28.9 Å². The van der Waals surface area contributed by atoms with Gasteiger partial charge in [0, 0.05) is 31.4 Å². The zero-order valence-electron chi connectivity index (χ0n) is 10.00. The lowest BCUT2D eigenvalue weighted by atomic mass is 10.0. The van der Waals surface area contributed by atoms with Gasteiger partial charge in [-0.15, -0.1) is 0 Å². The van der Waals surface area contributed by atoms with Crippen molar-refractivity contribution in [3.8, 4) is 0 Å². The van der Waals surface area contributed by atoms with E-state index in [1.165, 1.54) is 6.92 Å². The number of alkyl halides is 7. The van der Waals surface area contributed by atoms with E-state index in [0.717, 1.165) is 0 Å². The predicted molar refractivity (Wildman–Crippen MR) is 57.6 cm³/mol. The first-order chi connectivity index (χ1) is 8.41. The van der Waals surface area contributed by atoms with Gasteiger partial charge in [-0.3, -0.25) is 4.79 Å². The first kappa shape index (κ1) is 18.5. The highest BCUT2D eigenvalue weighted by molar-refractivity contribution is 8.13. The summed E-state index contributed by atoms with van der Waals surface area (Å²) in [5.41, 5.74) is 0. The van der Waals surface area contributed by atoms with Crippen LogP contribution in [0, 0.1) is 0 Å². The van der Waals surface area contributed by atoms with Crippen LogP contribution < -0.4 is 0 Å². The number of carbonyl (C=O) groups excluding carboxylic acids is 1. The van der Waals surface area contributed by atoms with Crippen molar-refractivity contribution in [3.05, 3.63) is 0 Å². The molecule has 0 aliphatic rings. The summed E-state index contributed by atoms with van der Waals surface area (Å²) in [4.78, 5) is 10.8. The Morgan fingerprint density at radius 1 is 0.895 bits per heavy atom. The van der Waals surface area contributed by atoms with Crippen LogP contribution in [0.1, 0.15) is 32.6 Å². The lowest BCUT2D eigenvalue weighted by Crippen LogP contribution is -2.41. The van der Waals surface area contributed by atoms with Crippen LogP contribution in [0.5, 0.6) is 0 Å². The molecular weight excluding hydrogens is 301 g/mol. The molecule has 0 saturated heterocycles. The molecule has 0 bridgehead atoms. The smallest absolute Gasteiger partial charge is 0.287 e. The minimum absolute atomic E-state index is 0.0701. The molecule has 0 rings (SSSR count). The average molecular weight is 314 g/mol. The molecule has 0 fully saturated rings. The molecule has 0 atom stereocenters. The number of thioether (sulfide) groups is 1. The monoisotopic (exact) mass is 314 g/mol. The van der Waals surface area contributed by atoms with Crippen LogP contribution in [0.15, 0.2) is 0 Å². The van der Waals surface area contributed by atoms with E-state index in [-0.39, 0.29) is 6.42 Å². The highest BCUT2D eigenvalue weighted by Gasteiger charge is 2.56. The molecule has 0 amide bonds. The highest BCUT2D eigenvalue weighted by atomic mass is 32.2. The zero-order valence-corrected chi connectivity index (χ0v) is 10.8. The summed E-state index contributed by atoms with van der Waals surface area (Å²) in [5, 5.41) is -0.436. The Labute approximate surface area is 109 Å². The number of halogens is 7. The van der Waals surface area contributed by atoms with Gasteiger partial charge < -0.3 is 0 Å². The van der Waals surface area contributed by atoms with E-state index in [2.05, 4.69) is 0 Å². The van der Waals surface area contributed by atoms with Gasteiger partial charge in [-0.2, -0.15) is 30.7 Å². The quantitative estimate of drug-likeness (QED) is 0.636. The fourth-order valence-corrected chi connectivity index (χ4v) is 1.85. The van der Waals surface area contributed by atoms with E-state index >= 15 is 0 Å². The molecule has 1 nitrogen and oxygen atoms in total. The van der Waals surface area contributed by atoms with Crippen molar-refractivity contribution in [2.24, 2.45) is 0 Å². The molecule has 9 heteroatoms. The third kappa shape index (κ3) is 7.03.